The summed E-state index contributed by atoms with van der Waals surface area (Å²) < 4.78 is 5.12. The maximum Gasteiger partial charge on any atom is 0.193 e. The lowest BCUT2D eigenvalue weighted by Gasteiger charge is -2.22. The largest absolute Gasteiger partial charge is 0.383 e. The van der Waals surface area contributed by atoms with Gasteiger partial charge in [-0.15, -0.1) is 24.0 Å². The van der Waals surface area contributed by atoms with Crippen LogP contribution in [0.1, 0.15) is 18.9 Å². The zero-order chi connectivity index (χ0) is 17.9. The van der Waals surface area contributed by atoms with Gasteiger partial charge in [-0.25, -0.2) is 0 Å². The molecule has 1 aliphatic rings. The molecule has 0 amide bonds. The number of ether oxygens (including phenoxy) is 1. The van der Waals surface area contributed by atoms with Gasteiger partial charge < -0.3 is 19.9 Å². The summed E-state index contributed by atoms with van der Waals surface area (Å²) in [6.45, 7) is 8.75. The number of benzene rings is 1. The molecule has 1 saturated heterocycles. The summed E-state index contributed by atoms with van der Waals surface area (Å²) in [5.41, 5.74) is 1.44. The molecule has 6 heteroatoms. The van der Waals surface area contributed by atoms with E-state index < -0.39 is 0 Å². The minimum Gasteiger partial charge on any atom is -0.383 e. The third kappa shape index (κ3) is 8.22. The molecule has 5 nitrogen and oxygen atoms in total. The molecule has 1 aliphatic heterocycles. The van der Waals surface area contributed by atoms with Gasteiger partial charge in [-0.2, -0.15) is 0 Å². The molecule has 1 N–H and O–H groups in total. The Kier molecular flexibility index (Phi) is 11.9. The van der Waals surface area contributed by atoms with Crippen LogP contribution in [0.4, 0.5) is 0 Å². The standard InChI is InChI=1S/C20H34N4O.HI/c1-4-21-20(22-11-13-23(2)14-15-25-3)24-12-10-19(17-24)16-18-8-6-5-7-9-18;/h5-9,19H,4,10-17H2,1-3H3,(H,21,22);1H. The zero-order valence-electron chi connectivity index (χ0n) is 16.5. The number of aliphatic imine (C=N–C) groups is 1. The first kappa shape index (κ1) is 23.2. The molecular formula is C20H35IN4O. The van der Waals surface area contributed by atoms with Crippen molar-refractivity contribution in [2.75, 3.05) is 60.0 Å². The van der Waals surface area contributed by atoms with Crippen molar-refractivity contribution in [3.63, 3.8) is 0 Å². The van der Waals surface area contributed by atoms with Crippen molar-refractivity contribution in [1.29, 1.82) is 0 Å². The zero-order valence-corrected chi connectivity index (χ0v) is 18.8. The van der Waals surface area contributed by atoms with Crippen LogP contribution in [0.15, 0.2) is 35.3 Å². The van der Waals surface area contributed by atoms with E-state index in [2.05, 4.69) is 59.4 Å². The normalized spacial score (nSPS) is 17.5. The molecule has 1 unspecified atom stereocenters. The molecule has 1 aromatic rings. The Bertz CT molecular complexity index is 512. The van der Waals surface area contributed by atoms with Gasteiger partial charge in [-0.3, -0.25) is 4.99 Å². The third-order valence-electron chi connectivity index (χ3n) is 4.71. The average molecular weight is 474 g/mol. The summed E-state index contributed by atoms with van der Waals surface area (Å²) in [5, 5.41) is 3.46. The van der Waals surface area contributed by atoms with Gasteiger partial charge in [0, 0.05) is 39.8 Å². The maximum absolute atomic E-state index is 5.12. The molecule has 1 aromatic carbocycles. The lowest BCUT2D eigenvalue weighted by Crippen LogP contribution is -2.40. The van der Waals surface area contributed by atoms with Crippen LogP contribution in [0.2, 0.25) is 0 Å². The number of likely N-dealkylation sites (tertiary alicyclic amines) is 1. The van der Waals surface area contributed by atoms with Crippen molar-refractivity contribution in [1.82, 2.24) is 15.1 Å². The van der Waals surface area contributed by atoms with E-state index in [4.69, 9.17) is 9.73 Å². The smallest absolute Gasteiger partial charge is 0.193 e. The van der Waals surface area contributed by atoms with Crippen LogP contribution in [0.3, 0.4) is 0 Å². The SMILES string of the molecule is CCNC(=NCCN(C)CCOC)N1CCC(Cc2ccccc2)C1.I. The predicted molar refractivity (Wildman–Crippen MR) is 121 cm³/mol. The number of guanidine groups is 1. The highest BCUT2D eigenvalue weighted by Crippen LogP contribution is 2.20. The Balaban J connectivity index is 0.00000338. The topological polar surface area (TPSA) is 40.1 Å². The van der Waals surface area contributed by atoms with Gasteiger partial charge in [0.2, 0.25) is 0 Å². The lowest BCUT2D eigenvalue weighted by atomic mass is 9.99. The molecule has 1 fully saturated rings. The minimum atomic E-state index is 0. The van der Waals surface area contributed by atoms with Crippen molar-refractivity contribution < 1.29 is 4.74 Å². The van der Waals surface area contributed by atoms with E-state index in [0.717, 1.165) is 64.2 Å². The predicted octanol–water partition coefficient (Wildman–Crippen LogP) is 2.71. The fraction of sp³-hybridized carbons (Fsp3) is 0.650. The van der Waals surface area contributed by atoms with Gasteiger partial charge in [-0.1, -0.05) is 30.3 Å². The van der Waals surface area contributed by atoms with Crippen LogP contribution in [0, 0.1) is 5.92 Å². The molecule has 2 rings (SSSR count). The highest BCUT2D eigenvalue weighted by atomic mass is 127. The Labute approximate surface area is 176 Å². The van der Waals surface area contributed by atoms with Crippen LogP contribution >= 0.6 is 24.0 Å². The van der Waals surface area contributed by atoms with Gasteiger partial charge >= 0.3 is 0 Å². The Morgan fingerprint density at radius 3 is 2.77 bits per heavy atom. The van der Waals surface area contributed by atoms with Crippen molar-refractivity contribution in [2.24, 2.45) is 10.9 Å². The highest BCUT2D eigenvalue weighted by molar-refractivity contribution is 14.0. The quantitative estimate of drug-likeness (QED) is 0.340. The molecule has 0 bridgehead atoms. The Morgan fingerprint density at radius 1 is 1.31 bits per heavy atom. The average Bonchev–Trinajstić information content (AvgIpc) is 3.08. The molecule has 0 spiro atoms. The van der Waals surface area contributed by atoms with E-state index >= 15 is 0 Å². The Hall–Kier alpha value is -0.860. The highest BCUT2D eigenvalue weighted by Gasteiger charge is 2.24. The second-order valence-corrected chi connectivity index (χ2v) is 6.82. The summed E-state index contributed by atoms with van der Waals surface area (Å²) in [6.07, 6.45) is 2.41. The fourth-order valence-electron chi connectivity index (χ4n) is 3.25. The van der Waals surface area contributed by atoms with Gasteiger partial charge in [0.05, 0.1) is 13.2 Å². The lowest BCUT2D eigenvalue weighted by molar-refractivity contribution is 0.163. The molecule has 1 heterocycles. The molecule has 1 atom stereocenters. The number of methoxy groups -OCH3 is 1. The van der Waals surface area contributed by atoms with Crippen molar-refractivity contribution in [3.05, 3.63) is 35.9 Å². The summed E-state index contributed by atoms with van der Waals surface area (Å²) >= 11 is 0. The van der Waals surface area contributed by atoms with Crippen molar-refractivity contribution in [2.45, 2.75) is 19.8 Å². The van der Waals surface area contributed by atoms with Gasteiger partial charge in [0.1, 0.15) is 0 Å². The van der Waals surface area contributed by atoms with Crippen molar-refractivity contribution >= 4 is 29.9 Å². The van der Waals surface area contributed by atoms with Crippen LogP contribution in [-0.2, 0) is 11.2 Å². The van der Waals surface area contributed by atoms with E-state index in [9.17, 15) is 0 Å². The summed E-state index contributed by atoms with van der Waals surface area (Å²) in [6, 6.07) is 10.8. The van der Waals surface area contributed by atoms with E-state index in [1.807, 2.05) is 0 Å². The Morgan fingerprint density at radius 2 is 2.08 bits per heavy atom. The maximum atomic E-state index is 5.12. The third-order valence-corrected chi connectivity index (χ3v) is 4.71. The van der Waals surface area contributed by atoms with Gasteiger partial charge in [0.15, 0.2) is 5.96 Å². The molecule has 26 heavy (non-hydrogen) atoms. The number of hydrogen-bond donors (Lipinski definition) is 1. The molecule has 0 aliphatic carbocycles. The van der Waals surface area contributed by atoms with Gasteiger partial charge in [0.25, 0.3) is 0 Å². The van der Waals surface area contributed by atoms with Gasteiger partial charge in [-0.05, 0) is 38.3 Å². The number of nitrogens with zero attached hydrogens (tertiary/aromatic N) is 3. The van der Waals surface area contributed by atoms with E-state index in [1.165, 1.54) is 12.0 Å². The number of nitrogens with one attached hydrogen (secondary N) is 1. The van der Waals surface area contributed by atoms with E-state index in [-0.39, 0.29) is 24.0 Å². The van der Waals surface area contributed by atoms with Crippen LogP contribution in [0.25, 0.3) is 0 Å². The van der Waals surface area contributed by atoms with E-state index in [0.29, 0.717) is 0 Å². The number of rotatable bonds is 9. The minimum absolute atomic E-state index is 0. The number of halogens is 1. The fourth-order valence-corrected chi connectivity index (χ4v) is 3.25. The molecular weight excluding hydrogens is 439 g/mol. The van der Waals surface area contributed by atoms with Crippen molar-refractivity contribution in [3.8, 4) is 0 Å². The first-order valence-corrected chi connectivity index (χ1v) is 9.47. The van der Waals surface area contributed by atoms with Crippen LogP contribution in [0.5, 0.6) is 0 Å². The summed E-state index contributed by atoms with van der Waals surface area (Å²) in [5.74, 6) is 1.79. The summed E-state index contributed by atoms with van der Waals surface area (Å²) in [4.78, 5) is 9.52. The van der Waals surface area contributed by atoms with E-state index in [1.54, 1.807) is 7.11 Å². The number of hydrogen-bond acceptors (Lipinski definition) is 3. The summed E-state index contributed by atoms with van der Waals surface area (Å²) in [7, 11) is 3.86. The molecule has 148 valence electrons. The molecule has 0 radical (unpaired) electrons. The first-order valence-electron chi connectivity index (χ1n) is 9.47. The second kappa shape index (κ2) is 13.3. The first-order chi connectivity index (χ1) is 12.2. The monoisotopic (exact) mass is 474 g/mol. The second-order valence-electron chi connectivity index (χ2n) is 6.82. The van der Waals surface area contributed by atoms with Crippen LogP contribution < -0.4 is 5.32 Å². The van der Waals surface area contributed by atoms with Crippen LogP contribution in [-0.4, -0.2) is 75.8 Å². The molecule has 0 aromatic heterocycles. The molecule has 0 saturated carbocycles. The number of likely N-dealkylation sites (N-methyl/N-ethyl adjacent to an activating group) is 1.